The highest BCUT2D eigenvalue weighted by Crippen LogP contribution is 2.45. The summed E-state index contributed by atoms with van der Waals surface area (Å²) in [6.45, 7) is 2.16. The maximum Gasteiger partial charge on any atom is 0.130 e. The lowest BCUT2D eigenvalue weighted by Crippen LogP contribution is -2.18. The highest BCUT2D eigenvalue weighted by Gasteiger charge is 2.30. The van der Waals surface area contributed by atoms with Gasteiger partial charge in [0.25, 0.3) is 0 Å². The van der Waals surface area contributed by atoms with Crippen molar-refractivity contribution in [2.24, 2.45) is 0 Å². The van der Waals surface area contributed by atoms with Crippen LogP contribution in [-0.4, -0.2) is 6.61 Å². The molecule has 2 unspecified atom stereocenters. The van der Waals surface area contributed by atoms with Crippen molar-refractivity contribution in [1.29, 1.82) is 0 Å². The van der Waals surface area contributed by atoms with Crippen molar-refractivity contribution >= 4 is 11.6 Å². The third-order valence-electron chi connectivity index (χ3n) is 3.93. The summed E-state index contributed by atoms with van der Waals surface area (Å²) in [5, 5.41) is -0.547. The minimum atomic E-state index is -0.595. The minimum absolute atomic E-state index is 0.0454. The molecule has 1 aliphatic rings. The van der Waals surface area contributed by atoms with Crippen LogP contribution >= 0.6 is 11.6 Å². The van der Waals surface area contributed by atoms with Crippen LogP contribution in [0.25, 0.3) is 0 Å². The maximum absolute atomic E-state index is 14.1. The van der Waals surface area contributed by atoms with Gasteiger partial charge in [-0.05, 0) is 36.6 Å². The van der Waals surface area contributed by atoms with Gasteiger partial charge < -0.3 is 4.74 Å². The van der Waals surface area contributed by atoms with Crippen LogP contribution in [0.15, 0.2) is 36.4 Å². The Hall–Kier alpha value is -1.61. The number of hydrogen-bond acceptors (Lipinski definition) is 1. The Kier molecular flexibility index (Phi) is 3.85. The molecule has 1 nitrogen and oxygen atoms in total. The largest absolute Gasteiger partial charge is 0.493 e. The molecule has 0 radical (unpaired) electrons. The molecule has 2 atom stereocenters. The van der Waals surface area contributed by atoms with Gasteiger partial charge >= 0.3 is 0 Å². The van der Waals surface area contributed by atoms with Gasteiger partial charge in [-0.25, -0.2) is 8.78 Å². The summed E-state index contributed by atoms with van der Waals surface area (Å²) in [6, 6.07) is 10.1. The standard InChI is InChI=1S/C17H15ClF2O/c1-10-8-13(15(20)9-14(10)19)17(18)12-6-7-21-16-5-3-2-4-11(12)16/h2-5,8-9,12,17H,6-7H2,1H3. The first-order valence-corrected chi connectivity index (χ1v) is 7.33. The fraction of sp³-hybridized carbons (Fsp3) is 0.294. The zero-order valence-corrected chi connectivity index (χ0v) is 12.3. The van der Waals surface area contributed by atoms with Gasteiger partial charge in [-0.3, -0.25) is 0 Å². The van der Waals surface area contributed by atoms with Crippen molar-refractivity contribution in [3.05, 3.63) is 64.7 Å². The predicted octanol–water partition coefficient (Wildman–Crippen LogP) is 5.12. The van der Waals surface area contributed by atoms with Gasteiger partial charge in [0.1, 0.15) is 17.4 Å². The summed E-state index contributed by atoms with van der Waals surface area (Å²) in [7, 11) is 0. The second-order valence-corrected chi connectivity index (χ2v) is 5.78. The van der Waals surface area contributed by atoms with E-state index in [0.29, 0.717) is 24.2 Å². The van der Waals surface area contributed by atoms with E-state index >= 15 is 0 Å². The lowest BCUT2D eigenvalue weighted by Gasteiger charge is -2.29. The first-order valence-electron chi connectivity index (χ1n) is 6.89. The van der Waals surface area contributed by atoms with Crippen molar-refractivity contribution in [3.8, 4) is 5.75 Å². The molecular formula is C17H15ClF2O. The first-order chi connectivity index (χ1) is 10.1. The molecule has 0 fully saturated rings. The van der Waals surface area contributed by atoms with Gasteiger partial charge in [0, 0.05) is 17.5 Å². The van der Waals surface area contributed by atoms with Crippen LogP contribution in [0.3, 0.4) is 0 Å². The third kappa shape index (κ3) is 2.62. The average molecular weight is 309 g/mol. The van der Waals surface area contributed by atoms with Crippen LogP contribution in [0.1, 0.15) is 34.4 Å². The highest BCUT2D eigenvalue weighted by molar-refractivity contribution is 6.21. The van der Waals surface area contributed by atoms with Crippen molar-refractivity contribution in [3.63, 3.8) is 0 Å². The molecule has 2 aromatic rings. The molecule has 21 heavy (non-hydrogen) atoms. The lowest BCUT2D eigenvalue weighted by molar-refractivity contribution is 0.264. The van der Waals surface area contributed by atoms with Gasteiger partial charge in [0.05, 0.1) is 12.0 Å². The summed E-state index contributed by atoms with van der Waals surface area (Å²) in [5.41, 5.74) is 1.72. The van der Waals surface area contributed by atoms with Crippen molar-refractivity contribution in [2.45, 2.75) is 24.6 Å². The van der Waals surface area contributed by atoms with Crippen molar-refractivity contribution in [2.75, 3.05) is 6.61 Å². The topological polar surface area (TPSA) is 9.23 Å². The zero-order chi connectivity index (χ0) is 15.0. The summed E-state index contributed by atoms with van der Waals surface area (Å²) in [6.07, 6.45) is 0.709. The van der Waals surface area contributed by atoms with E-state index in [0.717, 1.165) is 17.4 Å². The highest BCUT2D eigenvalue weighted by atomic mass is 35.5. The van der Waals surface area contributed by atoms with Gasteiger partial charge in [0.15, 0.2) is 0 Å². The lowest BCUT2D eigenvalue weighted by atomic mass is 9.86. The second-order valence-electron chi connectivity index (χ2n) is 5.31. The molecule has 0 N–H and O–H groups in total. The van der Waals surface area contributed by atoms with Crippen LogP contribution in [0, 0.1) is 18.6 Å². The van der Waals surface area contributed by atoms with Gasteiger partial charge in [0.2, 0.25) is 0 Å². The van der Waals surface area contributed by atoms with Crippen LogP contribution in [-0.2, 0) is 0 Å². The molecule has 110 valence electrons. The van der Waals surface area contributed by atoms with Crippen molar-refractivity contribution in [1.82, 2.24) is 0 Å². The second kappa shape index (κ2) is 5.64. The fourth-order valence-corrected chi connectivity index (χ4v) is 3.21. The van der Waals surface area contributed by atoms with E-state index in [2.05, 4.69) is 0 Å². The number of ether oxygens (including phenoxy) is 1. The molecule has 1 aliphatic heterocycles. The number of halogens is 3. The van der Waals surface area contributed by atoms with Gasteiger partial charge in [-0.2, -0.15) is 0 Å². The molecule has 2 aromatic carbocycles. The number of rotatable bonds is 2. The molecule has 4 heteroatoms. The molecule has 3 rings (SSSR count). The Morgan fingerprint density at radius 2 is 1.95 bits per heavy atom. The minimum Gasteiger partial charge on any atom is -0.493 e. The van der Waals surface area contributed by atoms with E-state index in [4.69, 9.17) is 16.3 Å². The Labute approximate surface area is 127 Å². The van der Waals surface area contributed by atoms with E-state index in [9.17, 15) is 8.78 Å². The van der Waals surface area contributed by atoms with Crippen molar-refractivity contribution < 1.29 is 13.5 Å². The number of benzene rings is 2. The number of alkyl halides is 1. The average Bonchev–Trinajstić information content (AvgIpc) is 2.49. The number of para-hydroxylation sites is 1. The summed E-state index contributed by atoms with van der Waals surface area (Å²) in [4.78, 5) is 0. The van der Waals surface area contributed by atoms with E-state index in [1.165, 1.54) is 6.07 Å². The third-order valence-corrected chi connectivity index (χ3v) is 4.47. The smallest absolute Gasteiger partial charge is 0.130 e. The van der Waals surface area contributed by atoms with Gasteiger partial charge in [-0.15, -0.1) is 11.6 Å². The van der Waals surface area contributed by atoms with Crippen LogP contribution in [0.4, 0.5) is 8.78 Å². The fourth-order valence-electron chi connectivity index (χ4n) is 2.78. The number of aryl methyl sites for hydroxylation is 1. The molecule has 0 amide bonds. The molecule has 0 bridgehead atoms. The number of fused-ring (bicyclic) bond motifs is 1. The molecule has 0 spiro atoms. The van der Waals surface area contributed by atoms with E-state index < -0.39 is 17.0 Å². The zero-order valence-electron chi connectivity index (χ0n) is 11.6. The molecule has 0 aliphatic carbocycles. The Bertz CT molecular complexity index is 672. The monoisotopic (exact) mass is 308 g/mol. The Morgan fingerprint density at radius 3 is 2.76 bits per heavy atom. The molecule has 0 saturated carbocycles. The molecule has 1 heterocycles. The van der Waals surface area contributed by atoms with Gasteiger partial charge in [-0.1, -0.05) is 18.2 Å². The Morgan fingerprint density at radius 1 is 1.19 bits per heavy atom. The predicted molar refractivity (Wildman–Crippen MR) is 79.0 cm³/mol. The molecule has 0 saturated heterocycles. The molecular weight excluding hydrogens is 294 g/mol. The van der Waals surface area contributed by atoms with Crippen LogP contribution in [0.2, 0.25) is 0 Å². The summed E-state index contributed by atoms with van der Waals surface area (Å²) < 4.78 is 33.1. The van der Waals surface area contributed by atoms with Crippen LogP contribution in [0.5, 0.6) is 5.75 Å². The quantitative estimate of drug-likeness (QED) is 0.700. The maximum atomic E-state index is 14.1. The van der Waals surface area contributed by atoms with Crippen LogP contribution < -0.4 is 4.74 Å². The first kappa shape index (κ1) is 14.3. The summed E-state index contributed by atoms with van der Waals surface area (Å²) >= 11 is 6.52. The van der Waals surface area contributed by atoms with E-state index in [1.54, 1.807) is 6.92 Å². The van der Waals surface area contributed by atoms with E-state index in [1.807, 2.05) is 24.3 Å². The summed E-state index contributed by atoms with van der Waals surface area (Å²) in [5.74, 6) is -0.399. The number of hydrogen-bond donors (Lipinski definition) is 0. The SMILES string of the molecule is Cc1cc(C(Cl)C2CCOc3ccccc32)c(F)cc1F. The normalized spacial score (nSPS) is 18.8. The van der Waals surface area contributed by atoms with E-state index in [-0.39, 0.29) is 5.92 Å². The molecule has 0 aromatic heterocycles. The Balaban J connectivity index is 2.00.